The molecule has 0 fully saturated rings. The third kappa shape index (κ3) is 2.51. The molecule has 100 valence electrons. The van der Waals surface area contributed by atoms with E-state index in [1.165, 1.54) is 18.2 Å². The Balaban J connectivity index is 1.87. The quantitative estimate of drug-likeness (QED) is 0.742. The Hall–Kier alpha value is -2.69. The summed E-state index contributed by atoms with van der Waals surface area (Å²) in [7, 11) is 0. The van der Waals surface area contributed by atoms with Crippen molar-refractivity contribution >= 4 is 5.69 Å². The van der Waals surface area contributed by atoms with Crippen molar-refractivity contribution in [2.75, 3.05) is 5.73 Å². The lowest BCUT2D eigenvalue weighted by atomic mass is 10.1. The topological polar surface area (TPSA) is 64.9 Å². The molecule has 4 nitrogen and oxygen atoms in total. The lowest BCUT2D eigenvalue weighted by Gasteiger charge is -1.99. The molecule has 2 aromatic carbocycles. The highest BCUT2D eigenvalue weighted by molar-refractivity contribution is 5.70. The first-order valence-corrected chi connectivity index (χ1v) is 6.14. The van der Waals surface area contributed by atoms with Crippen molar-refractivity contribution < 1.29 is 8.91 Å². The van der Waals surface area contributed by atoms with E-state index >= 15 is 0 Å². The normalized spacial score (nSPS) is 10.7. The molecule has 0 aliphatic carbocycles. The minimum atomic E-state index is -0.393. The summed E-state index contributed by atoms with van der Waals surface area (Å²) in [6, 6.07) is 13.9. The van der Waals surface area contributed by atoms with Crippen LogP contribution in [-0.2, 0) is 6.42 Å². The molecule has 2 N–H and O–H groups in total. The van der Waals surface area contributed by atoms with Gasteiger partial charge in [-0.15, -0.1) is 0 Å². The van der Waals surface area contributed by atoms with Crippen molar-refractivity contribution in [3.63, 3.8) is 0 Å². The Bertz CT molecular complexity index is 725. The number of nitrogens with two attached hydrogens (primary N) is 1. The molecule has 0 saturated carbocycles. The maximum Gasteiger partial charge on any atom is 0.260 e. The van der Waals surface area contributed by atoms with Gasteiger partial charge in [-0.2, -0.15) is 4.98 Å². The van der Waals surface area contributed by atoms with Gasteiger partial charge in [-0.25, -0.2) is 4.39 Å². The number of rotatable bonds is 3. The Morgan fingerprint density at radius 3 is 2.65 bits per heavy atom. The van der Waals surface area contributed by atoms with Gasteiger partial charge in [-0.3, -0.25) is 0 Å². The van der Waals surface area contributed by atoms with Crippen molar-refractivity contribution in [3.8, 4) is 11.5 Å². The van der Waals surface area contributed by atoms with E-state index in [9.17, 15) is 4.39 Å². The van der Waals surface area contributed by atoms with Crippen LogP contribution in [0.15, 0.2) is 53.1 Å². The number of hydrogen-bond acceptors (Lipinski definition) is 4. The minimum Gasteiger partial charge on any atom is -0.398 e. The summed E-state index contributed by atoms with van der Waals surface area (Å²) < 4.78 is 18.2. The summed E-state index contributed by atoms with van der Waals surface area (Å²) in [5.41, 5.74) is 7.65. The van der Waals surface area contributed by atoms with Crippen molar-refractivity contribution in [3.05, 3.63) is 65.7 Å². The van der Waals surface area contributed by atoms with Crippen LogP contribution in [0.4, 0.5) is 10.1 Å². The van der Waals surface area contributed by atoms with Gasteiger partial charge in [-0.05, 0) is 23.8 Å². The van der Waals surface area contributed by atoms with E-state index < -0.39 is 5.82 Å². The van der Waals surface area contributed by atoms with E-state index in [0.29, 0.717) is 23.7 Å². The van der Waals surface area contributed by atoms with Crippen LogP contribution in [0.3, 0.4) is 0 Å². The summed E-state index contributed by atoms with van der Waals surface area (Å²) in [5.74, 6) is 0.471. The van der Waals surface area contributed by atoms with Crippen LogP contribution in [-0.4, -0.2) is 10.1 Å². The lowest BCUT2D eigenvalue weighted by molar-refractivity contribution is 0.424. The molecule has 0 aliphatic heterocycles. The van der Waals surface area contributed by atoms with E-state index in [2.05, 4.69) is 10.1 Å². The molecule has 0 radical (unpaired) electrons. The molecule has 20 heavy (non-hydrogen) atoms. The molecule has 0 aliphatic rings. The molecule has 3 aromatic rings. The van der Waals surface area contributed by atoms with E-state index in [4.69, 9.17) is 10.3 Å². The predicted molar refractivity (Wildman–Crippen MR) is 73.4 cm³/mol. The summed E-state index contributed by atoms with van der Waals surface area (Å²) in [6.07, 6.45) is 0.575. The van der Waals surface area contributed by atoms with Crippen LogP contribution in [0.25, 0.3) is 11.5 Å². The zero-order valence-electron chi connectivity index (χ0n) is 10.6. The number of halogens is 1. The maximum absolute atomic E-state index is 13.0. The van der Waals surface area contributed by atoms with Crippen molar-refractivity contribution in [2.24, 2.45) is 0 Å². The summed E-state index contributed by atoms with van der Waals surface area (Å²) in [6.45, 7) is 0. The van der Waals surface area contributed by atoms with Crippen LogP contribution >= 0.6 is 0 Å². The first kappa shape index (κ1) is 12.3. The van der Waals surface area contributed by atoms with Crippen molar-refractivity contribution in [1.29, 1.82) is 0 Å². The zero-order valence-corrected chi connectivity index (χ0v) is 10.6. The highest BCUT2D eigenvalue weighted by Crippen LogP contribution is 2.25. The van der Waals surface area contributed by atoms with Gasteiger partial charge in [0.1, 0.15) is 5.82 Å². The van der Waals surface area contributed by atoms with Crippen molar-refractivity contribution in [1.82, 2.24) is 10.1 Å². The molecule has 3 rings (SSSR count). The van der Waals surface area contributed by atoms with Gasteiger partial charge < -0.3 is 10.3 Å². The van der Waals surface area contributed by atoms with Gasteiger partial charge in [0.25, 0.3) is 5.89 Å². The summed E-state index contributed by atoms with van der Waals surface area (Å²) in [5, 5.41) is 3.92. The van der Waals surface area contributed by atoms with Crippen LogP contribution in [0, 0.1) is 5.82 Å². The average molecular weight is 269 g/mol. The van der Waals surface area contributed by atoms with Crippen LogP contribution < -0.4 is 5.73 Å². The summed E-state index contributed by atoms with van der Waals surface area (Å²) >= 11 is 0. The maximum atomic E-state index is 13.0. The molecular formula is C15H12FN3O. The number of benzene rings is 2. The largest absolute Gasteiger partial charge is 0.398 e. The molecule has 0 unspecified atom stereocenters. The molecule has 0 amide bonds. The van der Waals surface area contributed by atoms with Gasteiger partial charge in [0, 0.05) is 12.1 Å². The second-order valence-corrected chi connectivity index (χ2v) is 4.41. The van der Waals surface area contributed by atoms with Gasteiger partial charge in [0.05, 0.1) is 5.56 Å². The molecular weight excluding hydrogens is 257 g/mol. The van der Waals surface area contributed by atoms with Gasteiger partial charge in [-0.1, -0.05) is 35.5 Å². The van der Waals surface area contributed by atoms with E-state index in [0.717, 1.165) is 5.56 Å². The van der Waals surface area contributed by atoms with Crippen LogP contribution in [0.5, 0.6) is 0 Å². The molecule has 1 heterocycles. The van der Waals surface area contributed by atoms with Crippen LogP contribution in [0.2, 0.25) is 0 Å². The fourth-order valence-corrected chi connectivity index (χ4v) is 1.94. The Kier molecular flexibility index (Phi) is 3.16. The highest BCUT2D eigenvalue weighted by Gasteiger charge is 2.12. The standard InChI is InChI=1S/C15H12FN3O/c16-11-6-7-12(13(17)9-11)15-18-14(19-20-15)8-10-4-2-1-3-5-10/h1-7,9H,8,17H2. The van der Waals surface area contributed by atoms with Gasteiger partial charge in [0.2, 0.25) is 0 Å². The second-order valence-electron chi connectivity index (χ2n) is 4.41. The third-order valence-corrected chi connectivity index (χ3v) is 2.92. The molecule has 0 saturated heterocycles. The monoisotopic (exact) mass is 269 g/mol. The average Bonchev–Trinajstić information content (AvgIpc) is 2.88. The Morgan fingerprint density at radius 1 is 1.10 bits per heavy atom. The number of aromatic nitrogens is 2. The fraction of sp³-hybridized carbons (Fsp3) is 0.0667. The van der Waals surface area contributed by atoms with E-state index in [1.807, 2.05) is 30.3 Å². The summed E-state index contributed by atoms with van der Waals surface area (Å²) in [4.78, 5) is 4.29. The van der Waals surface area contributed by atoms with E-state index in [1.54, 1.807) is 0 Å². The highest BCUT2D eigenvalue weighted by atomic mass is 19.1. The first-order valence-electron chi connectivity index (χ1n) is 6.14. The minimum absolute atomic E-state index is 0.278. The molecule has 5 heteroatoms. The number of nitrogen functional groups attached to an aromatic ring is 1. The Morgan fingerprint density at radius 2 is 1.90 bits per heavy atom. The third-order valence-electron chi connectivity index (χ3n) is 2.92. The fourth-order valence-electron chi connectivity index (χ4n) is 1.94. The van der Waals surface area contributed by atoms with Crippen LogP contribution in [0.1, 0.15) is 11.4 Å². The zero-order chi connectivity index (χ0) is 13.9. The molecule has 0 spiro atoms. The number of hydrogen-bond donors (Lipinski definition) is 1. The van der Waals surface area contributed by atoms with Gasteiger partial charge >= 0.3 is 0 Å². The second kappa shape index (κ2) is 5.13. The number of anilines is 1. The SMILES string of the molecule is Nc1cc(F)ccc1-c1nc(Cc2ccccc2)no1. The van der Waals surface area contributed by atoms with Crippen molar-refractivity contribution in [2.45, 2.75) is 6.42 Å². The predicted octanol–water partition coefficient (Wildman–Crippen LogP) is 3.05. The lowest BCUT2D eigenvalue weighted by Crippen LogP contribution is -1.93. The Labute approximate surface area is 115 Å². The molecule has 0 bridgehead atoms. The van der Waals surface area contributed by atoms with E-state index in [-0.39, 0.29) is 5.69 Å². The first-order chi connectivity index (χ1) is 9.72. The molecule has 0 atom stereocenters. The smallest absolute Gasteiger partial charge is 0.260 e. The number of nitrogens with zero attached hydrogens (tertiary/aromatic N) is 2. The molecule has 1 aromatic heterocycles. The van der Waals surface area contributed by atoms with Gasteiger partial charge in [0.15, 0.2) is 5.82 Å².